The highest BCUT2D eigenvalue weighted by molar-refractivity contribution is 7.83. The molecule has 0 aromatic heterocycles. The van der Waals surface area contributed by atoms with E-state index in [4.69, 9.17) is 0 Å². The minimum absolute atomic E-state index is 0.823. The van der Waals surface area contributed by atoms with Gasteiger partial charge in [-0.2, -0.15) is 0 Å². The van der Waals surface area contributed by atoms with Gasteiger partial charge in [0, 0.05) is 6.54 Å². The molecule has 0 amide bonds. The van der Waals surface area contributed by atoms with Crippen molar-refractivity contribution in [1.29, 1.82) is 0 Å². The first kappa shape index (κ1) is 14.3. The van der Waals surface area contributed by atoms with E-state index < -0.39 is 11.0 Å². The standard InChI is InChI=1S/C8H9NOS.2C2H6/c10-11-8-4-2-1-3-7(8)5-6-9-11;2*1-2/h1-4,9H,5-6H2;2*1-2H3. The van der Waals surface area contributed by atoms with Gasteiger partial charge in [-0.1, -0.05) is 45.9 Å². The molecule has 3 heteroatoms. The van der Waals surface area contributed by atoms with Crippen molar-refractivity contribution in [3.8, 4) is 0 Å². The van der Waals surface area contributed by atoms with Gasteiger partial charge < -0.3 is 0 Å². The number of hydrogen-bond donors (Lipinski definition) is 1. The fourth-order valence-electron chi connectivity index (χ4n) is 1.25. The maximum atomic E-state index is 11.3. The second kappa shape index (κ2) is 8.62. The molecular weight excluding hydrogens is 206 g/mol. The molecule has 0 aliphatic carbocycles. The first-order chi connectivity index (χ1) is 7.38. The summed E-state index contributed by atoms with van der Waals surface area (Å²) in [6, 6.07) is 7.86. The highest BCUT2D eigenvalue weighted by Crippen LogP contribution is 2.15. The zero-order valence-electron chi connectivity index (χ0n) is 10.0. The van der Waals surface area contributed by atoms with Crippen LogP contribution in [-0.4, -0.2) is 10.8 Å². The van der Waals surface area contributed by atoms with Gasteiger partial charge in [-0.15, -0.1) is 0 Å². The lowest BCUT2D eigenvalue weighted by atomic mass is 10.1. The van der Waals surface area contributed by atoms with Crippen molar-refractivity contribution in [3.63, 3.8) is 0 Å². The molecule has 1 aliphatic heterocycles. The van der Waals surface area contributed by atoms with Gasteiger partial charge in [0.05, 0.1) is 4.90 Å². The van der Waals surface area contributed by atoms with Crippen molar-refractivity contribution in [2.45, 2.75) is 39.0 Å². The Kier molecular flexibility index (Phi) is 8.24. The molecule has 0 saturated carbocycles. The van der Waals surface area contributed by atoms with Gasteiger partial charge in [-0.3, -0.25) is 0 Å². The molecule has 1 aromatic carbocycles. The molecule has 0 bridgehead atoms. The molecule has 2 rings (SSSR count). The maximum Gasteiger partial charge on any atom is 0.125 e. The predicted molar refractivity (Wildman–Crippen MR) is 67.3 cm³/mol. The Morgan fingerprint density at radius 2 is 1.73 bits per heavy atom. The van der Waals surface area contributed by atoms with Crippen molar-refractivity contribution < 1.29 is 4.21 Å². The van der Waals surface area contributed by atoms with E-state index in [1.54, 1.807) is 0 Å². The molecule has 1 atom stereocenters. The third-order valence-corrected chi connectivity index (χ3v) is 3.06. The molecule has 1 N–H and O–H groups in total. The SMILES string of the molecule is CC.CC.O=S1NCCc2ccccc21. The first-order valence-corrected chi connectivity index (χ1v) is 6.76. The second-order valence-corrected chi connectivity index (χ2v) is 3.79. The van der Waals surface area contributed by atoms with E-state index in [0.717, 1.165) is 17.9 Å². The van der Waals surface area contributed by atoms with Crippen LogP contribution in [0.4, 0.5) is 0 Å². The lowest BCUT2D eigenvalue weighted by Gasteiger charge is -2.14. The molecule has 0 fully saturated rings. The maximum absolute atomic E-state index is 11.3. The van der Waals surface area contributed by atoms with Gasteiger partial charge in [-0.05, 0) is 18.1 Å². The highest BCUT2D eigenvalue weighted by Gasteiger charge is 2.13. The van der Waals surface area contributed by atoms with Crippen LogP contribution in [0.15, 0.2) is 29.2 Å². The fraction of sp³-hybridized carbons (Fsp3) is 0.500. The number of fused-ring (bicyclic) bond motifs is 1. The predicted octanol–water partition coefficient (Wildman–Crippen LogP) is 2.91. The van der Waals surface area contributed by atoms with Gasteiger partial charge >= 0.3 is 0 Å². The molecule has 1 aliphatic rings. The molecule has 1 heterocycles. The monoisotopic (exact) mass is 227 g/mol. The van der Waals surface area contributed by atoms with Crippen LogP contribution < -0.4 is 4.72 Å². The Labute approximate surface area is 95.7 Å². The number of hydrogen-bond acceptors (Lipinski definition) is 1. The molecule has 15 heavy (non-hydrogen) atoms. The average molecular weight is 227 g/mol. The molecule has 0 spiro atoms. The average Bonchev–Trinajstić information content (AvgIpc) is 2.35. The van der Waals surface area contributed by atoms with E-state index >= 15 is 0 Å². The molecular formula is C12H21NOS. The lowest BCUT2D eigenvalue weighted by Crippen LogP contribution is -2.26. The molecule has 1 unspecified atom stereocenters. The van der Waals surface area contributed by atoms with Gasteiger partial charge in [0.2, 0.25) is 0 Å². The smallest absolute Gasteiger partial charge is 0.125 e. The summed E-state index contributed by atoms with van der Waals surface area (Å²) in [4.78, 5) is 0.943. The number of nitrogens with one attached hydrogen (secondary N) is 1. The Morgan fingerprint density at radius 1 is 1.13 bits per heavy atom. The van der Waals surface area contributed by atoms with Crippen LogP contribution in [0, 0.1) is 0 Å². The normalized spacial score (nSPS) is 17.5. The van der Waals surface area contributed by atoms with E-state index in [1.807, 2.05) is 52.0 Å². The summed E-state index contributed by atoms with van der Waals surface area (Å²) in [5.74, 6) is 0. The van der Waals surface area contributed by atoms with Crippen molar-refractivity contribution in [1.82, 2.24) is 4.72 Å². The summed E-state index contributed by atoms with van der Waals surface area (Å²) in [5.41, 5.74) is 1.21. The van der Waals surface area contributed by atoms with E-state index in [-0.39, 0.29) is 0 Å². The van der Waals surface area contributed by atoms with E-state index in [2.05, 4.69) is 4.72 Å². The number of benzene rings is 1. The van der Waals surface area contributed by atoms with E-state index in [9.17, 15) is 4.21 Å². The fourth-order valence-corrected chi connectivity index (χ4v) is 2.30. The summed E-state index contributed by atoms with van der Waals surface area (Å²) in [6.45, 7) is 8.82. The van der Waals surface area contributed by atoms with Gasteiger partial charge in [0.1, 0.15) is 11.0 Å². The van der Waals surface area contributed by atoms with E-state index in [1.165, 1.54) is 5.56 Å². The topological polar surface area (TPSA) is 29.1 Å². The molecule has 0 radical (unpaired) electrons. The first-order valence-electron chi connectivity index (χ1n) is 5.61. The molecule has 86 valence electrons. The summed E-state index contributed by atoms with van der Waals surface area (Å²) in [7, 11) is -0.965. The Balaban J connectivity index is 0.000000442. The summed E-state index contributed by atoms with van der Waals surface area (Å²) < 4.78 is 14.2. The summed E-state index contributed by atoms with van der Waals surface area (Å²) in [6.07, 6.45) is 0.988. The van der Waals surface area contributed by atoms with E-state index in [0.29, 0.717) is 0 Å². The van der Waals surface area contributed by atoms with Crippen LogP contribution in [0.5, 0.6) is 0 Å². The molecule has 0 saturated heterocycles. The number of rotatable bonds is 0. The minimum Gasteiger partial charge on any atom is -0.237 e. The van der Waals surface area contributed by atoms with Crippen LogP contribution in [0.2, 0.25) is 0 Å². The van der Waals surface area contributed by atoms with Crippen LogP contribution in [0.25, 0.3) is 0 Å². The molecule has 2 nitrogen and oxygen atoms in total. The zero-order chi connectivity index (χ0) is 11.7. The third-order valence-electron chi connectivity index (χ3n) is 1.80. The van der Waals surface area contributed by atoms with Crippen LogP contribution in [-0.2, 0) is 17.4 Å². The van der Waals surface area contributed by atoms with Gasteiger partial charge in [0.15, 0.2) is 0 Å². The minimum atomic E-state index is -0.965. The van der Waals surface area contributed by atoms with Crippen molar-refractivity contribution in [3.05, 3.63) is 29.8 Å². The van der Waals surface area contributed by atoms with Crippen LogP contribution >= 0.6 is 0 Å². The lowest BCUT2D eigenvalue weighted by molar-refractivity contribution is 0.663. The highest BCUT2D eigenvalue weighted by atomic mass is 32.2. The summed E-state index contributed by atoms with van der Waals surface area (Å²) in [5, 5.41) is 0. The Bertz CT molecular complexity index is 299. The van der Waals surface area contributed by atoms with Gasteiger partial charge in [0.25, 0.3) is 0 Å². The quantitative estimate of drug-likeness (QED) is 0.725. The summed E-state index contributed by atoms with van der Waals surface area (Å²) >= 11 is 0. The molecule has 1 aromatic rings. The third kappa shape index (κ3) is 4.14. The van der Waals surface area contributed by atoms with Gasteiger partial charge in [-0.25, -0.2) is 8.93 Å². The van der Waals surface area contributed by atoms with Crippen LogP contribution in [0.1, 0.15) is 33.3 Å². The van der Waals surface area contributed by atoms with Crippen LogP contribution in [0.3, 0.4) is 0 Å². The largest absolute Gasteiger partial charge is 0.237 e. The van der Waals surface area contributed by atoms with Crippen molar-refractivity contribution >= 4 is 11.0 Å². The second-order valence-electron chi connectivity index (χ2n) is 2.52. The Hall–Kier alpha value is -0.670. The zero-order valence-corrected chi connectivity index (χ0v) is 10.9. The Morgan fingerprint density at radius 3 is 2.33 bits per heavy atom. The van der Waals surface area contributed by atoms with Crippen molar-refractivity contribution in [2.75, 3.05) is 6.54 Å². The van der Waals surface area contributed by atoms with Crippen molar-refractivity contribution in [2.24, 2.45) is 0 Å².